The summed E-state index contributed by atoms with van der Waals surface area (Å²) in [7, 11) is -0.511. The van der Waals surface area contributed by atoms with Crippen molar-refractivity contribution in [3.63, 3.8) is 0 Å². The van der Waals surface area contributed by atoms with Crippen molar-refractivity contribution < 1.29 is 17.9 Å². The summed E-state index contributed by atoms with van der Waals surface area (Å²) >= 11 is 1.46. The summed E-state index contributed by atoms with van der Waals surface area (Å²) in [5, 5.41) is -0.332. The van der Waals surface area contributed by atoms with Crippen LogP contribution in [0.3, 0.4) is 0 Å². The fraction of sp³-hybridized carbons (Fsp3) is 0.357. The Hall–Kier alpha value is -2.07. The van der Waals surface area contributed by atoms with Gasteiger partial charge in [-0.2, -0.15) is 9.97 Å². The van der Waals surface area contributed by atoms with E-state index in [4.69, 9.17) is 9.47 Å². The highest BCUT2D eigenvalue weighted by molar-refractivity contribution is 7.99. The molecule has 8 nitrogen and oxygen atoms in total. The number of benzene rings is 1. The van der Waals surface area contributed by atoms with E-state index < -0.39 is 10.0 Å². The molecule has 0 bridgehead atoms. The zero-order valence-corrected chi connectivity index (χ0v) is 15.3. The van der Waals surface area contributed by atoms with E-state index in [0.29, 0.717) is 11.5 Å². The van der Waals surface area contributed by atoms with Crippen molar-refractivity contribution >= 4 is 27.5 Å². The Kier molecular flexibility index (Phi) is 5.84. The van der Waals surface area contributed by atoms with Gasteiger partial charge in [0.05, 0.1) is 31.4 Å². The van der Waals surface area contributed by atoms with Crippen LogP contribution in [-0.2, 0) is 10.0 Å². The molecule has 1 aromatic carbocycles. The maximum Gasteiger partial charge on any atom is 0.322 e. The summed E-state index contributed by atoms with van der Waals surface area (Å²) in [6.45, 7) is 0. The average molecular weight is 370 g/mol. The lowest BCUT2D eigenvalue weighted by molar-refractivity contribution is 0.336. The van der Waals surface area contributed by atoms with Gasteiger partial charge in [0.1, 0.15) is 0 Å². The topological polar surface area (TPSA) is 103 Å². The van der Waals surface area contributed by atoms with Crippen molar-refractivity contribution in [3.05, 3.63) is 35.7 Å². The van der Waals surface area contributed by atoms with Crippen LogP contribution < -0.4 is 14.2 Å². The molecule has 0 saturated heterocycles. The standard InChI is InChI=1S/C14H18N4O4S2/c1-21-13-15-12(16-14(17-13)22-2)11(23-3)9-7-5-6-8-10(9)18-24(4,19)20/h5-8,11,18H,1-4H3. The summed E-state index contributed by atoms with van der Waals surface area (Å²) in [4.78, 5) is 12.5. The second-order valence-corrected chi connectivity index (χ2v) is 7.44. The zero-order chi connectivity index (χ0) is 17.7. The largest absolute Gasteiger partial charge is 0.467 e. The van der Waals surface area contributed by atoms with Gasteiger partial charge >= 0.3 is 12.0 Å². The Labute approximate surface area is 145 Å². The Morgan fingerprint density at radius 2 is 1.67 bits per heavy atom. The molecule has 1 atom stereocenters. The third-order valence-corrected chi connectivity index (χ3v) is 4.51. The molecule has 0 aliphatic rings. The van der Waals surface area contributed by atoms with Gasteiger partial charge in [0.15, 0.2) is 5.82 Å². The maximum absolute atomic E-state index is 11.6. The number of aromatic nitrogens is 3. The van der Waals surface area contributed by atoms with Crippen molar-refractivity contribution in [2.75, 3.05) is 31.5 Å². The second kappa shape index (κ2) is 7.67. The van der Waals surface area contributed by atoms with E-state index in [-0.39, 0.29) is 17.3 Å². The highest BCUT2D eigenvalue weighted by Crippen LogP contribution is 2.37. The Bertz CT molecular complexity index is 792. The maximum atomic E-state index is 11.6. The molecule has 0 radical (unpaired) electrons. The fourth-order valence-electron chi connectivity index (χ4n) is 2.04. The molecule has 1 aromatic heterocycles. The van der Waals surface area contributed by atoms with E-state index in [1.807, 2.05) is 18.4 Å². The molecule has 2 rings (SSSR count). The molecular weight excluding hydrogens is 352 g/mol. The molecule has 1 N–H and O–H groups in total. The minimum Gasteiger partial charge on any atom is -0.467 e. The van der Waals surface area contributed by atoms with Crippen molar-refractivity contribution in [2.45, 2.75) is 5.25 Å². The van der Waals surface area contributed by atoms with Gasteiger partial charge in [-0.05, 0) is 17.9 Å². The number of methoxy groups -OCH3 is 2. The van der Waals surface area contributed by atoms with Gasteiger partial charge in [0.25, 0.3) is 0 Å². The lowest BCUT2D eigenvalue weighted by Gasteiger charge is -2.18. The van der Waals surface area contributed by atoms with E-state index in [2.05, 4.69) is 19.7 Å². The number of rotatable bonds is 7. The SMILES string of the molecule is COc1nc(OC)nc(C(SC)c2ccccc2NS(C)(=O)=O)n1. The number of nitrogens with one attached hydrogen (secondary N) is 1. The molecule has 0 fully saturated rings. The molecular formula is C14H18N4O4S2. The first kappa shape index (κ1) is 18.3. The lowest BCUT2D eigenvalue weighted by Crippen LogP contribution is -2.14. The van der Waals surface area contributed by atoms with Gasteiger partial charge in [-0.3, -0.25) is 4.72 Å². The van der Waals surface area contributed by atoms with Gasteiger partial charge in [0.2, 0.25) is 10.0 Å². The van der Waals surface area contributed by atoms with Crippen LogP contribution in [0.25, 0.3) is 0 Å². The van der Waals surface area contributed by atoms with Crippen LogP contribution in [0.1, 0.15) is 16.6 Å². The van der Waals surface area contributed by atoms with E-state index in [0.717, 1.165) is 11.8 Å². The number of anilines is 1. The molecule has 1 unspecified atom stereocenters. The number of thioether (sulfide) groups is 1. The van der Waals surface area contributed by atoms with E-state index in [1.165, 1.54) is 26.0 Å². The first-order chi connectivity index (χ1) is 11.4. The number of hydrogen-bond acceptors (Lipinski definition) is 8. The number of sulfonamides is 1. The van der Waals surface area contributed by atoms with Crippen LogP contribution in [0.15, 0.2) is 24.3 Å². The lowest BCUT2D eigenvalue weighted by atomic mass is 10.1. The summed E-state index contributed by atoms with van der Waals surface area (Å²) in [6.07, 6.45) is 2.98. The Balaban J connectivity index is 2.53. The zero-order valence-electron chi connectivity index (χ0n) is 13.7. The van der Waals surface area contributed by atoms with Crippen molar-refractivity contribution in [2.24, 2.45) is 0 Å². The monoisotopic (exact) mass is 370 g/mol. The van der Waals surface area contributed by atoms with Crippen LogP contribution >= 0.6 is 11.8 Å². The third kappa shape index (κ3) is 4.48. The van der Waals surface area contributed by atoms with Gasteiger partial charge in [-0.15, -0.1) is 16.7 Å². The van der Waals surface area contributed by atoms with Crippen LogP contribution in [0.4, 0.5) is 5.69 Å². The fourth-order valence-corrected chi connectivity index (χ4v) is 3.40. The number of para-hydroxylation sites is 1. The number of ether oxygens (including phenoxy) is 2. The molecule has 10 heteroatoms. The first-order valence-electron chi connectivity index (χ1n) is 6.81. The van der Waals surface area contributed by atoms with E-state index in [9.17, 15) is 8.42 Å². The highest BCUT2D eigenvalue weighted by Gasteiger charge is 2.22. The molecule has 1 heterocycles. The normalized spacial score (nSPS) is 12.5. The molecule has 0 spiro atoms. The molecule has 0 aliphatic carbocycles. The molecule has 0 saturated carbocycles. The minimum absolute atomic E-state index is 0.129. The van der Waals surface area contributed by atoms with Gasteiger partial charge in [0, 0.05) is 0 Å². The number of nitrogens with zero attached hydrogens (tertiary/aromatic N) is 3. The summed E-state index contributed by atoms with van der Waals surface area (Å²) in [6, 6.07) is 7.34. The van der Waals surface area contributed by atoms with Crippen LogP contribution in [0.5, 0.6) is 12.0 Å². The average Bonchev–Trinajstić information content (AvgIpc) is 2.55. The second-order valence-electron chi connectivity index (χ2n) is 4.74. The van der Waals surface area contributed by atoms with Crippen molar-refractivity contribution in [1.29, 1.82) is 0 Å². The van der Waals surface area contributed by atoms with Crippen molar-refractivity contribution in [1.82, 2.24) is 15.0 Å². The van der Waals surface area contributed by atoms with Gasteiger partial charge in [-0.25, -0.2) is 8.42 Å². The summed E-state index contributed by atoms with van der Waals surface area (Å²) in [5.41, 5.74) is 1.20. The van der Waals surface area contributed by atoms with Crippen LogP contribution in [0, 0.1) is 0 Å². The Morgan fingerprint density at radius 3 is 2.17 bits per heavy atom. The number of hydrogen-bond donors (Lipinski definition) is 1. The highest BCUT2D eigenvalue weighted by atomic mass is 32.2. The van der Waals surface area contributed by atoms with Gasteiger partial charge < -0.3 is 9.47 Å². The molecule has 2 aromatic rings. The van der Waals surface area contributed by atoms with Gasteiger partial charge in [-0.1, -0.05) is 18.2 Å². The van der Waals surface area contributed by atoms with Crippen molar-refractivity contribution in [3.8, 4) is 12.0 Å². The summed E-state index contributed by atoms with van der Waals surface area (Å²) < 4.78 is 35.9. The molecule has 130 valence electrons. The van der Waals surface area contributed by atoms with E-state index in [1.54, 1.807) is 12.1 Å². The first-order valence-corrected chi connectivity index (χ1v) is 9.99. The molecule has 0 aliphatic heterocycles. The Morgan fingerprint density at radius 1 is 1.08 bits per heavy atom. The quantitative estimate of drug-likeness (QED) is 0.786. The molecule has 0 amide bonds. The predicted octanol–water partition coefficient (Wildman–Crippen LogP) is 1.71. The smallest absolute Gasteiger partial charge is 0.322 e. The van der Waals surface area contributed by atoms with Crippen LogP contribution in [-0.4, -0.2) is 50.1 Å². The minimum atomic E-state index is -3.41. The third-order valence-electron chi connectivity index (χ3n) is 2.99. The van der Waals surface area contributed by atoms with E-state index >= 15 is 0 Å². The predicted molar refractivity (Wildman–Crippen MR) is 93.2 cm³/mol. The summed E-state index contributed by atoms with van der Waals surface area (Å²) in [5.74, 6) is 0.411. The molecule has 24 heavy (non-hydrogen) atoms. The van der Waals surface area contributed by atoms with Crippen LogP contribution in [0.2, 0.25) is 0 Å².